The van der Waals surface area contributed by atoms with E-state index in [0.717, 1.165) is 12.1 Å². The van der Waals surface area contributed by atoms with Crippen LogP contribution in [0, 0.1) is 5.92 Å². The predicted molar refractivity (Wildman–Crippen MR) is 89.1 cm³/mol. The van der Waals surface area contributed by atoms with E-state index in [-0.39, 0.29) is 24.4 Å². The third-order valence-corrected chi connectivity index (χ3v) is 4.01. The highest BCUT2D eigenvalue weighted by molar-refractivity contribution is 5.68. The summed E-state index contributed by atoms with van der Waals surface area (Å²) in [7, 11) is 0. The van der Waals surface area contributed by atoms with Crippen molar-refractivity contribution in [2.75, 3.05) is 19.7 Å². The van der Waals surface area contributed by atoms with Gasteiger partial charge in [-0.25, -0.2) is 4.79 Å². The number of rotatable bonds is 3. The summed E-state index contributed by atoms with van der Waals surface area (Å²) in [5.74, 6) is -0.719. The number of nitrogens with zero attached hydrogens (tertiary/aromatic N) is 1. The number of aromatic hydroxyl groups is 1. The van der Waals surface area contributed by atoms with E-state index in [1.807, 2.05) is 0 Å². The molecule has 0 aliphatic carbocycles. The van der Waals surface area contributed by atoms with Crippen LogP contribution in [-0.4, -0.2) is 41.4 Å². The lowest BCUT2D eigenvalue weighted by Gasteiger charge is -2.33. The molecule has 1 aliphatic rings. The minimum Gasteiger partial charge on any atom is -0.508 e. The van der Waals surface area contributed by atoms with Crippen molar-refractivity contribution in [3.63, 3.8) is 0 Å². The summed E-state index contributed by atoms with van der Waals surface area (Å²) in [6.07, 6.45) is -3.74. The van der Waals surface area contributed by atoms with E-state index < -0.39 is 23.1 Å². The number of carbonyl (C=O) groups is 1. The minimum absolute atomic E-state index is 0.0450. The highest BCUT2D eigenvalue weighted by Crippen LogP contribution is 2.38. The van der Waals surface area contributed by atoms with Crippen molar-refractivity contribution in [3.8, 4) is 11.5 Å². The van der Waals surface area contributed by atoms with Crippen molar-refractivity contribution in [2.45, 2.75) is 45.4 Å². The number of hydrogen-bond donors (Lipinski definition) is 1. The Bertz CT molecular complexity index is 632. The maximum Gasteiger partial charge on any atom is 0.420 e. The first kappa shape index (κ1) is 20.2. The van der Waals surface area contributed by atoms with Crippen LogP contribution in [0.3, 0.4) is 0 Å². The van der Waals surface area contributed by atoms with Crippen LogP contribution in [0.1, 0.15) is 39.2 Å². The van der Waals surface area contributed by atoms with E-state index in [2.05, 4.69) is 0 Å². The first-order valence-corrected chi connectivity index (χ1v) is 8.46. The first-order chi connectivity index (χ1) is 12.0. The summed E-state index contributed by atoms with van der Waals surface area (Å²) in [5, 5.41) is 9.27. The van der Waals surface area contributed by atoms with Gasteiger partial charge in [-0.2, -0.15) is 13.2 Å². The number of likely N-dealkylation sites (tertiary alicyclic amines) is 1. The predicted octanol–water partition coefficient (Wildman–Crippen LogP) is 4.44. The number of carbonyl (C=O) groups excluding carboxylic acids is 1. The molecule has 0 unspecified atom stereocenters. The van der Waals surface area contributed by atoms with E-state index in [0.29, 0.717) is 32.0 Å². The van der Waals surface area contributed by atoms with Crippen LogP contribution < -0.4 is 4.74 Å². The molecule has 1 amide bonds. The molecule has 1 saturated heterocycles. The van der Waals surface area contributed by atoms with Gasteiger partial charge in [-0.3, -0.25) is 0 Å². The van der Waals surface area contributed by atoms with Gasteiger partial charge in [0.15, 0.2) is 0 Å². The molecular weight excluding hydrogens is 351 g/mol. The van der Waals surface area contributed by atoms with Crippen molar-refractivity contribution in [1.82, 2.24) is 4.90 Å². The molecule has 8 heteroatoms. The number of halogens is 3. The molecule has 0 spiro atoms. The molecule has 1 aromatic carbocycles. The molecular formula is C18H24F3NO4. The van der Waals surface area contributed by atoms with E-state index >= 15 is 0 Å². The van der Waals surface area contributed by atoms with Crippen LogP contribution in [0.5, 0.6) is 11.5 Å². The Labute approximate surface area is 150 Å². The highest BCUT2D eigenvalue weighted by Gasteiger charge is 2.35. The molecule has 1 aliphatic heterocycles. The minimum atomic E-state index is -4.60. The van der Waals surface area contributed by atoms with Gasteiger partial charge in [-0.1, -0.05) is 0 Å². The molecule has 146 valence electrons. The molecule has 1 heterocycles. The lowest BCUT2D eigenvalue weighted by atomic mass is 9.98. The van der Waals surface area contributed by atoms with Crippen molar-refractivity contribution in [1.29, 1.82) is 0 Å². The number of phenolic OH excluding ortho intramolecular Hbond substituents is 1. The third kappa shape index (κ3) is 5.71. The lowest BCUT2D eigenvalue weighted by Crippen LogP contribution is -2.42. The van der Waals surface area contributed by atoms with Crippen LogP contribution in [0.25, 0.3) is 0 Å². The second-order valence-corrected chi connectivity index (χ2v) is 7.40. The highest BCUT2D eigenvalue weighted by atomic mass is 19.4. The summed E-state index contributed by atoms with van der Waals surface area (Å²) in [5.41, 5.74) is -1.56. The molecule has 1 fully saturated rings. The fraction of sp³-hybridized carbons (Fsp3) is 0.611. The monoisotopic (exact) mass is 375 g/mol. The van der Waals surface area contributed by atoms with Gasteiger partial charge in [-0.15, -0.1) is 0 Å². The topological polar surface area (TPSA) is 59.0 Å². The zero-order chi connectivity index (χ0) is 19.5. The van der Waals surface area contributed by atoms with Crippen molar-refractivity contribution in [3.05, 3.63) is 23.8 Å². The summed E-state index contributed by atoms with van der Waals surface area (Å²) < 4.78 is 49.7. The van der Waals surface area contributed by atoms with Crippen molar-refractivity contribution >= 4 is 6.09 Å². The molecule has 0 bridgehead atoms. The van der Waals surface area contributed by atoms with Crippen LogP contribution in [0.15, 0.2) is 18.2 Å². The Morgan fingerprint density at radius 1 is 1.23 bits per heavy atom. The van der Waals surface area contributed by atoms with Crippen LogP contribution in [0.4, 0.5) is 18.0 Å². The van der Waals surface area contributed by atoms with Gasteiger partial charge >= 0.3 is 12.3 Å². The second kappa shape index (κ2) is 7.63. The SMILES string of the molecule is CC(C)(C)OC(=O)N1CCC(COc2ccc(O)cc2C(F)(F)F)CC1. The third-order valence-electron chi connectivity index (χ3n) is 4.01. The number of benzene rings is 1. The molecule has 0 aromatic heterocycles. The maximum atomic E-state index is 13.0. The zero-order valence-corrected chi connectivity index (χ0v) is 15.1. The van der Waals surface area contributed by atoms with Gasteiger partial charge < -0.3 is 19.5 Å². The fourth-order valence-corrected chi connectivity index (χ4v) is 2.68. The Balaban J connectivity index is 1.89. The van der Waals surface area contributed by atoms with E-state index in [1.54, 1.807) is 25.7 Å². The Kier molecular flexibility index (Phi) is 5.93. The smallest absolute Gasteiger partial charge is 0.420 e. The first-order valence-electron chi connectivity index (χ1n) is 8.46. The quantitative estimate of drug-likeness (QED) is 0.849. The molecule has 0 radical (unpaired) electrons. The maximum absolute atomic E-state index is 13.0. The van der Waals surface area contributed by atoms with Gasteiger partial charge in [0.05, 0.1) is 6.61 Å². The Morgan fingerprint density at radius 3 is 2.38 bits per heavy atom. The Hall–Kier alpha value is -2.12. The standard InChI is InChI=1S/C18H24F3NO4/c1-17(2,3)26-16(24)22-8-6-12(7-9-22)11-25-15-5-4-13(23)10-14(15)18(19,20)21/h4-5,10,12,23H,6-9,11H2,1-3H3. The zero-order valence-electron chi connectivity index (χ0n) is 15.1. The second-order valence-electron chi connectivity index (χ2n) is 7.40. The Morgan fingerprint density at radius 2 is 1.85 bits per heavy atom. The molecule has 26 heavy (non-hydrogen) atoms. The molecule has 1 aromatic rings. The van der Waals surface area contributed by atoms with Crippen molar-refractivity contribution in [2.24, 2.45) is 5.92 Å². The van der Waals surface area contributed by atoms with Gasteiger partial charge in [-0.05, 0) is 57.7 Å². The van der Waals surface area contributed by atoms with E-state index in [1.165, 1.54) is 0 Å². The number of ether oxygens (including phenoxy) is 2. The van der Waals surface area contributed by atoms with E-state index in [4.69, 9.17) is 9.47 Å². The van der Waals surface area contributed by atoms with Crippen molar-refractivity contribution < 1.29 is 32.5 Å². The average Bonchev–Trinajstić information content (AvgIpc) is 2.51. The van der Waals surface area contributed by atoms with Gasteiger partial charge in [0, 0.05) is 13.1 Å². The number of amides is 1. The molecule has 5 nitrogen and oxygen atoms in total. The fourth-order valence-electron chi connectivity index (χ4n) is 2.68. The normalized spacial score (nSPS) is 16.5. The van der Waals surface area contributed by atoms with Gasteiger partial charge in [0.1, 0.15) is 22.7 Å². The molecule has 2 rings (SSSR count). The lowest BCUT2D eigenvalue weighted by molar-refractivity contribution is -0.139. The summed E-state index contributed by atoms with van der Waals surface area (Å²) in [6.45, 7) is 6.45. The summed E-state index contributed by atoms with van der Waals surface area (Å²) in [6, 6.07) is 2.93. The largest absolute Gasteiger partial charge is 0.508 e. The molecule has 1 N–H and O–H groups in total. The number of hydrogen-bond acceptors (Lipinski definition) is 4. The number of phenols is 1. The van der Waals surface area contributed by atoms with Gasteiger partial charge in [0.2, 0.25) is 0 Å². The molecule has 0 atom stereocenters. The van der Waals surface area contributed by atoms with Crippen LogP contribution >= 0.6 is 0 Å². The summed E-state index contributed by atoms with van der Waals surface area (Å²) >= 11 is 0. The van der Waals surface area contributed by atoms with Crippen LogP contribution in [-0.2, 0) is 10.9 Å². The molecule has 0 saturated carbocycles. The summed E-state index contributed by atoms with van der Waals surface area (Å²) in [4.78, 5) is 13.6. The van der Waals surface area contributed by atoms with Gasteiger partial charge in [0.25, 0.3) is 0 Å². The number of piperidine rings is 1. The average molecular weight is 375 g/mol. The number of alkyl halides is 3. The van der Waals surface area contributed by atoms with Crippen LogP contribution in [0.2, 0.25) is 0 Å². The van der Waals surface area contributed by atoms with E-state index in [9.17, 15) is 23.1 Å².